The molecule has 0 atom stereocenters. The molecule has 1 nitrogen and oxygen atoms in total. The predicted octanol–water partition coefficient (Wildman–Crippen LogP) is 5.97. The lowest BCUT2D eigenvalue weighted by atomic mass is 10.2. The molecule has 0 saturated heterocycles. The Labute approximate surface area is 180 Å². The zero-order valence-electron chi connectivity index (χ0n) is 17.4. The second kappa shape index (κ2) is 9.74. The van der Waals surface area contributed by atoms with Crippen molar-refractivity contribution in [3.8, 4) is 5.75 Å². The van der Waals surface area contributed by atoms with E-state index in [9.17, 15) is 0 Å². The van der Waals surface area contributed by atoms with Crippen LogP contribution in [0.2, 0.25) is 0 Å². The molecule has 150 valence electrons. The molecule has 4 aromatic carbocycles. The van der Waals surface area contributed by atoms with Gasteiger partial charge in [0.15, 0.2) is 0 Å². The van der Waals surface area contributed by atoms with Crippen LogP contribution in [-0.4, -0.2) is 6.61 Å². The van der Waals surface area contributed by atoms with Crippen molar-refractivity contribution < 1.29 is 4.74 Å². The van der Waals surface area contributed by atoms with Gasteiger partial charge in [-0.3, -0.25) is 0 Å². The number of hydrogen-bond acceptors (Lipinski definition) is 1. The summed E-state index contributed by atoms with van der Waals surface area (Å²) in [5.74, 6) is 0.948. The first-order valence-corrected chi connectivity index (χ1v) is 12.6. The van der Waals surface area contributed by atoms with Gasteiger partial charge in [-0.25, -0.2) is 0 Å². The average Bonchev–Trinajstić information content (AvgIpc) is 2.84. The van der Waals surface area contributed by atoms with Gasteiger partial charge in [0.25, 0.3) is 0 Å². The molecule has 0 amide bonds. The quantitative estimate of drug-likeness (QED) is 0.325. The van der Waals surface area contributed by atoms with Crippen molar-refractivity contribution >= 4 is 23.2 Å². The minimum absolute atomic E-state index is 0.758. The first-order valence-electron chi connectivity index (χ1n) is 10.6. The van der Waals surface area contributed by atoms with E-state index in [0.29, 0.717) is 0 Å². The van der Waals surface area contributed by atoms with E-state index in [1.807, 2.05) is 0 Å². The summed E-state index contributed by atoms with van der Waals surface area (Å²) < 4.78 is 5.80. The van der Waals surface area contributed by atoms with E-state index in [2.05, 4.69) is 122 Å². The largest absolute Gasteiger partial charge is 0.494 e. The van der Waals surface area contributed by atoms with E-state index in [1.165, 1.54) is 21.5 Å². The van der Waals surface area contributed by atoms with Crippen LogP contribution in [0.5, 0.6) is 5.75 Å². The van der Waals surface area contributed by atoms with E-state index in [4.69, 9.17) is 4.74 Å². The molecule has 0 bridgehead atoms. The third-order valence-electron chi connectivity index (χ3n) is 5.41. The fourth-order valence-electron chi connectivity index (χ4n) is 3.95. The highest BCUT2D eigenvalue weighted by Crippen LogP contribution is 2.58. The van der Waals surface area contributed by atoms with Gasteiger partial charge in [0, 0.05) is 0 Å². The molecule has 0 spiro atoms. The van der Waals surface area contributed by atoms with E-state index in [-0.39, 0.29) is 0 Å². The highest BCUT2D eigenvalue weighted by molar-refractivity contribution is 7.95. The van der Waals surface area contributed by atoms with Crippen LogP contribution < -0.4 is 20.7 Å². The van der Waals surface area contributed by atoms with Gasteiger partial charge in [-0.05, 0) is 60.5 Å². The highest BCUT2D eigenvalue weighted by atomic mass is 31.2. The molecule has 4 aromatic rings. The topological polar surface area (TPSA) is 9.23 Å². The molecule has 0 heterocycles. The lowest BCUT2D eigenvalue weighted by Crippen LogP contribution is -2.32. The summed E-state index contributed by atoms with van der Waals surface area (Å²) in [6.45, 7) is 2.89. The van der Waals surface area contributed by atoms with Crippen LogP contribution in [0.3, 0.4) is 0 Å². The Bertz CT molecular complexity index is 932. The first kappa shape index (κ1) is 20.4. The van der Waals surface area contributed by atoms with E-state index in [0.717, 1.165) is 24.9 Å². The summed E-state index contributed by atoms with van der Waals surface area (Å²) in [5.41, 5.74) is 1.34. The normalized spacial score (nSPS) is 11.2. The maximum absolute atomic E-state index is 5.80. The second-order valence-corrected chi connectivity index (χ2v) is 11.0. The molecule has 0 aliphatic carbocycles. The van der Waals surface area contributed by atoms with Crippen molar-refractivity contribution in [2.45, 2.75) is 19.5 Å². The number of benzene rings is 4. The Morgan fingerprint density at radius 2 is 1.00 bits per heavy atom. The van der Waals surface area contributed by atoms with Crippen molar-refractivity contribution in [3.05, 3.63) is 121 Å². The van der Waals surface area contributed by atoms with Crippen molar-refractivity contribution in [2.24, 2.45) is 0 Å². The van der Waals surface area contributed by atoms with Crippen molar-refractivity contribution in [1.29, 1.82) is 0 Å². The Kier molecular flexibility index (Phi) is 6.62. The molecule has 0 unspecified atom stereocenters. The summed E-state index contributed by atoms with van der Waals surface area (Å²) >= 11 is 0. The van der Waals surface area contributed by atoms with Crippen LogP contribution in [0.4, 0.5) is 0 Å². The smallest absolute Gasteiger partial charge is 0.119 e. The Morgan fingerprint density at radius 3 is 1.40 bits per heavy atom. The summed E-state index contributed by atoms with van der Waals surface area (Å²) in [6.07, 6.45) is 2.01. The molecular formula is C28H28OP+. The lowest BCUT2D eigenvalue weighted by molar-refractivity contribution is 0.317. The molecule has 0 saturated carbocycles. The number of hydrogen-bond donors (Lipinski definition) is 0. The van der Waals surface area contributed by atoms with Crippen LogP contribution in [0, 0.1) is 0 Å². The van der Waals surface area contributed by atoms with Crippen LogP contribution in [0.15, 0.2) is 115 Å². The van der Waals surface area contributed by atoms with Gasteiger partial charge in [0.1, 0.15) is 28.9 Å². The first-order chi connectivity index (χ1) is 14.8. The third kappa shape index (κ3) is 4.32. The fourth-order valence-corrected chi connectivity index (χ4v) is 8.20. The molecule has 0 radical (unpaired) electrons. The molecule has 4 rings (SSSR count). The molecule has 0 fully saturated rings. The lowest BCUT2D eigenvalue weighted by Gasteiger charge is -2.28. The Balaban J connectivity index is 1.85. The second-order valence-electron chi connectivity index (χ2n) is 7.47. The molecule has 0 aliphatic heterocycles. The fraction of sp³-hybridized carbons (Fsp3) is 0.143. The van der Waals surface area contributed by atoms with Crippen LogP contribution in [-0.2, 0) is 6.16 Å². The van der Waals surface area contributed by atoms with Crippen molar-refractivity contribution in [1.82, 2.24) is 0 Å². The van der Waals surface area contributed by atoms with Gasteiger partial charge >= 0.3 is 0 Å². The van der Waals surface area contributed by atoms with Gasteiger partial charge in [-0.15, -0.1) is 0 Å². The van der Waals surface area contributed by atoms with Gasteiger partial charge in [-0.1, -0.05) is 73.7 Å². The molecule has 30 heavy (non-hydrogen) atoms. The minimum atomic E-state index is -1.85. The van der Waals surface area contributed by atoms with Gasteiger partial charge in [0.2, 0.25) is 0 Å². The molecule has 0 aliphatic rings. The van der Waals surface area contributed by atoms with E-state index in [1.54, 1.807) is 0 Å². The number of rotatable bonds is 8. The maximum Gasteiger partial charge on any atom is 0.119 e. The summed E-state index contributed by atoms with van der Waals surface area (Å²) in [5, 5.41) is 4.23. The SMILES string of the molecule is CCCOc1ccc(C[P+](c2ccccc2)(c2ccccc2)c2ccccc2)cc1. The highest BCUT2D eigenvalue weighted by Gasteiger charge is 2.45. The average molecular weight is 412 g/mol. The third-order valence-corrected chi connectivity index (χ3v) is 9.79. The summed E-state index contributed by atoms with van der Waals surface area (Å²) in [4.78, 5) is 0. The van der Waals surface area contributed by atoms with Crippen molar-refractivity contribution in [2.75, 3.05) is 6.61 Å². The van der Waals surface area contributed by atoms with Gasteiger partial charge < -0.3 is 4.74 Å². The zero-order chi connectivity index (χ0) is 20.7. The van der Waals surface area contributed by atoms with Gasteiger partial charge in [0.05, 0.1) is 12.8 Å². The number of ether oxygens (including phenoxy) is 1. The van der Waals surface area contributed by atoms with Crippen LogP contribution >= 0.6 is 7.26 Å². The van der Waals surface area contributed by atoms with E-state index >= 15 is 0 Å². The summed E-state index contributed by atoms with van der Waals surface area (Å²) in [7, 11) is -1.85. The molecule has 0 aromatic heterocycles. The monoisotopic (exact) mass is 411 g/mol. The Hall–Kier alpha value is -2.89. The summed E-state index contributed by atoms with van der Waals surface area (Å²) in [6, 6.07) is 41.8. The molecule has 0 N–H and O–H groups in total. The van der Waals surface area contributed by atoms with Crippen LogP contribution in [0.1, 0.15) is 18.9 Å². The molecular weight excluding hydrogens is 383 g/mol. The standard InChI is InChI=1S/C28H28OP/c1-2-22-29-25-20-18-24(19-21-25)23-30(26-12-6-3-7-13-26,27-14-8-4-9-15-27)28-16-10-5-11-17-28/h3-21H,2,22-23H2,1H3/q+1. The zero-order valence-corrected chi connectivity index (χ0v) is 18.3. The van der Waals surface area contributed by atoms with E-state index < -0.39 is 7.26 Å². The predicted molar refractivity (Wildman–Crippen MR) is 131 cm³/mol. The Morgan fingerprint density at radius 1 is 0.567 bits per heavy atom. The van der Waals surface area contributed by atoms with Crippen LogP contribution in [0.25, 0.3) is 0 Å². The van der Waals surface area contributed by atoms with Crippen molar-refractivity contribution in [3.63, 3.8) is 0 Å². The minimum Gasteiger partial charge on any atom is -0.494 e. The maximum atomic E-state index is 5.80. The van der Waals surface area contributed by atoms with Gasteiger partial charge in [-0.2, -0.15) is 0 Å². The molecule has 2 heteroatoms.